The summed E-state index contributed by atoms with van der Waals surface area (Å²) in [7, 11) is 0. The van der Waals surface area contributed by atoms with Crippen molar-refractivity contribution in [2.24, 2.45) is 0 Å². The number of hydrogen-bond acceptors (Lipinski definition) is 2. The number of halogens is 9. The van der Waals surface area contributed by atoms with Crippen LogP contribution in [0.5, 0.6) is 0 Å². The lowest BCUT2D eigenvalue weighted by atomic mass is 10.0. The molecule has 1 aliphatic rings. The SMILES string of the molecule is [C-]#[N+]C(=C1C(=C(C#N)c2cc(F)c(C)c(F)c2)C1=C(C#N)c1cc(F)c(C)c(F)c1)c1cc(F)c(C(F)(F)F)c(F)c1. The van der Waals surface area contributed by atoms with Gasteiger partial charge in [-0.2, -0.15) is 23.7 Å². The van der Waals surface area contributed by atoms with E-state index < -0.39 is 85.7 Å². The molecule has 3 nitrogen and oxygen atoms in total. The van der Waals surface area contributed by atoms with Crippen LogP contribution < -0.4 is 0 Å². The van der Waals surface area contributed by atoms with E-state index in [4.69, 9.17) is 6.57 Å². The van der Waals surface area contributed by atoms with Gasteiger partial charge in [-0.25, -0.2) is 31.2 Å². The predicted octanol–water partition coefficient (Wildman–Crippen LogP) is 8.76. The summed E-state index contributed by atoms with van der Waals surface area (Å²) in [6, 6.07) is 6.86. The Balaban J connectivity index is 2.15. The van der Waals surface area contributed by atoms with E-state index >= 15 is 0 Å². The molecule has 0 spiro atoms. The lowest BCUT2D eigenvalue weighted by Crippen LogP contribution is -2.11. The molecule has 0 atom stereocenters. The molecule has 1 fully saturated rings. The van der Waals surface area contributed by atoms with E-state index in [0.717, 1.165) is 38.1 Å². The fraction of sp³-hybridized carbons (Fsp3) is 0.100. The summed E-state index contributed by atoms with van der Waals surface area (Å²) in [5, 5.41) is 19.9. The molecule has 12 heteroatoms. The number of nitriles is 2. The number of allylic oxidation sites excluding steroid dienone is 5. The number of alkyl halides is 3. The van der Waals surface area contributed by atoms with E-state index in [2.05, 4.69) is 4.85 Å². The van der Waals surface area contributed by atoms with Gasteiger partial charge in [0.15, 0.2) is 0 Å². The molecule has 1 saturated carbocycles. The Hall–Kier alpha value is -5.28. The van der Waals surface area contributed by atoms with Crippen molar-refractivity contribution in [2.45, 2.75) is 20.0 Å². The van der Waals surface area contributed by atoms with Gasteiger partial charge < -0.3 is 0 Å². The summed E-state index contributed by atoms with van der Waals surface area (Å²) in [5.41, 5.74) is -7.42. The van der Waals surface area contributed by atoms with Crippen LogP contribution in [0.3, 0.4) is 0 Å². The standard InChI is InChI=1S/C30H12F9N3/c1-12-19(31)4-14(5-20(12)32)17(10-40)25-26(18(11-41)15-6-21(33)13(2)22(34)7-15)27(25)29(42-3)16-8-23(35)28(24(36)9-16)30(37,38)39/h4-9H,1-2H3. The second-order valence-electron chi connectivity index (χ2n) is 9.00. The number of nitrogens with zero attached hydrogens (tertiary/aromatic N) is 3. The molecule has 3 aromatic rings. The maximum Gasteiger partial charge on any atom is 0.422 e. The monoisotopic (exact) mass is 585 g/mol. The third-order valence-corrected chi connectivity index (χ3v) is 6.50. The normalized spacial score (nSPS) is 15.0. The van der Waals surface area contributed by atoms with Crippen LogP contribution in [-0.4, -0.2) is 0 Å². The molecule has 0 unspecified atom stereocenters. The third-order valence-electron chi connectivity index (χ3n) is 6.50. The van der Waals surface area contributed by atoms with Crippen LogP contribution in [0.1, 0.15) is 33.4 Å². The van der Waals surface area contributed by atoms with Gasteiger partial charge in [-0.15, -0.1) is 0 Å². The zero-order valence-corrected chi connectivity index (χ0v) is 21.2. The third kappa shape index (κ3) is 5.02. The lowest BCUT2D eigenvalue weighted by Gasteiger charge is -2.10. The van der Waals surface area contributed by atoms with Crippen molar-refractivity contribution in [1.82, 2.24) is 0 Å². The molecule has 0 bridgehead atoms. The maximum atomic E-state index is 14.4. The topological polar surface area (TPSA) is 51.9 Å². The van der Waals surface area contributed by atoms with Crippen LogP contribution in [0, 0.1) is 78.0 Å². The molecule has 0 aromatic heterocycles. The summed E-state index contributed by atoms with van der Waals surface area (Å²) in [6.07, 6.45) is -5.42. The zero-order chi connectivity index (χ0) is 31.3. The van der Waals surface area contributed by atoms with Crippen LogP contribution in [0.25, 0.3) is 21.7 Å². The Morgan fingerprint density at radius 3 is 1.24 bits per heavy atom. The Morgan fingerprint density at radius 2 is 0.952 bits per heavy atom. The van der Waals surface area contributed by atoms with E-state index in [1.165, 1.54) is 0 Å². The second-order valence-corrected chi connectivity index (χ2v) is 9.00. The van der Waals surface area contributed by atoms with E-state index in [1.54, 1.807) is 12.1 Å². The van der Waals surface area contributed by atoms with Gasteiger partial charge in [0.2, 0.25) is 5.70 Å². The average Bonchev–Trinajstić information content (AvgIpc) is 3.59. The van der Waals surface area contributed by atoms with E-state index in [0.29, 0.717) is 0 Å². The summed E-state index contributed by atoms with van der Waals surface area (Å²) >= 11 is 0. The first kappa shape index (κ1) is 29.7. The molecule has 0 N–H and O–H groups in total. The summed E-state index contributed by atoms with van der Waals surface area (Å²) < 4.78 is 126. The van der Waals surface area contributed by atoms with Crippen molar-refractivity contribution < 1.29 is 39.5 Å². The second kappa shape index (κ2) is 10.6. The minimum Gasteiger partial charge on any atom is -0.237 e. The van der Waals surface area contributed by atoms with Gasteiger partial charge >= 0.3 is 6.18 Å². The van der Waals surface area contributed by atoms with Crippen molar-refractivity contribution in [3.8, 4) is 12.1 Å². The van der Waals surface area contributed by atoms with Crippen LogP contribution in [-0.2, 0) is 6.18 Å². The first-order valence-corrected chi connectivity index (χ1v) is 11.6. The van der Waals surface area contributed by atoms with Crippen molar-refractivity contribution in [1.29, 1.82) is 10.5 Å². The molecule has 0 amide bonds. The highest BCUT2D eigenvalue weighted by molar-refractivity contribution is 6.11. The molecule has 1 aliphatic carbocycles. The fourth-order valence-electron chi connectivity index (χ4n) is 4.28. The zero-order valence-electron chi connectivity index (χ0n) is 21.2. The van der Waals surface area contributed by atoms with Crippen LogP contribution in [0.15, 0.2) is 53.1 Å². The maximum absolute atomic E-state index is 14.4. The highest BCUT2D eigenvalue weighted by atomic mass is 19.4. The molecular weight excluding hydrogens is 573 g/mol. The fourth-order valence-corrected chi connectivity index (χ4v) is 4.28. The van der Waals surface area contributed by atoms with Gasteiger partial charge in [-0.3, -0.25) is 0 Å². The predicted molar refractivity (Wildman–Crippen MR) is 132 cm³/mol. The minimum absolute atomic E-state index is 0.217. The van der Waals surface area contributed by atoms with Gasteiger partial charge in [0.25, 0.3) is 0 Å². The molecule has 42 heavy (non-hydrogen) atoms. The van der Waals surface area contributed by atoms with Gasteiger partial charge in [0.1, 0.15) is 52.6 Å². The van der Waals surface area contributed by atoms with Crippen molar-refractivity contribution in [2.75, 3.05) is 0 Å². The molecule has 4 rings (SSSR count). The highest BCUT2D eigenvalue weighted by Gasteiger charge is 2.43. The van der Waals surface area contributed by atoms with Crippen LogP contribution in [0.4, 0.5) is 39.5 Å². The van der Waals surface area contributed by atoms with Crippen LogP contribution >= 0.6 is 0 Å². The van der Waals surface area contributed by atoms with Gasteiger partial charge in [-0.1, -0.05) is 0 Å². The van der Waals surface area contributed by atoms with E-state index in [9.17, 15) is 50.0 Å². The Labute approximate surface area is 232 Å². The van der Waals surface area contributed by atoms with Gasteiger partial charge in [0.05, 0.1) is 17.7 Å². The molecular formula is C30H12F9N3. The van der Waals surface area contributed by atoms with Crippen molar-refractivity contribution >= 4 is 16.8 Å². The average molecular weight is 585 g/mol. The van der Waals surface area contributed by atoms with Crippen molar-refractivity contribution in [3.63, 3.8) is 0 Å². The van der Waals surface area contributed by atoms with Gasteiger partial charge in [-0.05, 0) is 83.7 Å². The Morgan fingerprint density at radius 1 is 0.619 bits per heavy atom. The molecule has 0 radical (unpaired) electrons. The molecule has 0 heterocycles. The first-order valence-electron chi connectivity index (χ1n) is 11.6. The van der Waals surface area contributed by atoms with Crippen molar-refractivity contribution in [3.05, 3.63) is 133 Å². The summed E-state index contributed by atoms with van der Waals surface area (Å²) in [5.74, 6) is -8.43. The largest absolute Gasteiger partial charge is 0.422 e. The van der Waals surface area contributed by atoms with Gasteiger partial charge in [0, 0.05) is 11.1 Å². The van der Waals surface area contributed by atoms with Crippen LogP contribution in [0.2, 0.25) is 0 Å². The molecule has 210 valence electrons. The molecule has 0 aliphatic heterocycles. The van der Waals surface area contributed by atoms with E-state index in [1.807, 2.05) is 0 Å². The summed E-state index contributed by atoms with van der Waals surface area (Å²) in [6.45, 7) is 9.84. The smallest absolute Gasteiger partial charge is 0.237 e. The quantitative estimate of drug-likeness (QED) is 0.175. The van der Waals surface area contributed by atoms with E-state index in [-0.39, 0.29) is 34.4 Å². The number of benzene rings is 3. The first-order chi connectivity index (χ1) is 19.7. The highest BCUT2D eigenvalue weighted by Crippen LogP contribution is 2.56. The molecule has 0 saturated heterocycles. The minimum atomic E-state index is -5.42. The Bertz CT molecular complexity index is 1760. The summed E-state index contributed by atoms with van der Waals surface area (Å²) in [4.78, 5) is 3.15. The number of rotatable bonds is 3. The lowest BCUT2D eigenvalue weighted by molar-refractivity contribution is -0.142. The molecule has 3 aromatic carbocycles. The Kier molecular flexibility index (Phi) is 7.50. The number of hydrogen-bond donors (Lipinski definition) is 0.